The van der Waals surface area contributed by atoms with E-state index in [9.17, 15) is 4.79 Å². The average molecular weight is 409 g/mol. The predicted molar refractivity (Wildman–Crippen MR) is 118 cm³/mol. The molecule has 1 fully saturated rings. The van der Waals surface area contributed by atoms with Crippen LogP contribution in [0.25, 0.3) is 11.2 Å². The van der Waals surface area contributed by atoms with E-state index < -0.39 is 0 Å². The van der Waals surface area contributed by atoms with Crippen LogP contribution >= 0.6 is 11.8 Å². The molecule has 0 spiro atoms. The van der Waals surface area contributed by atoms with E-state index in [1.165, 1.54) is 30.4 Å². The third-order valence-corrected chi connectivity index (χ3v) is 6.81. The molecule has 0 N–H and O–H groups in total. The number of carbonyl (C=O) groups is 1. The van der Waals surface area contributed by atoms with E-state index in [0.717, 1.165) is 34.9 Å². The van der Waals surface area contributed by atoms with Crippen LogP contribution in [0, 0.1) is 6.92 Å². The average Bonchev–Trinajstić information content (AvgIpc) is 3.11. The molecule has 0 aliphatic heterocycles. The number of aryl methyl sites for hydroxylation is 1. The van der Waals surface area contributed by atoms with Gasteiger partial charge in [-0.05, 0) is 37.5 Å². The SMILES string of the molecule is Cc1ccc(CSc2nc3cccnc3n2CC(=O)N(C)C2CCCCC2)cc1. The first kappa shape index (κ1) is 20.0. The summed E-state index contributed by atoms with van der Waals surface area (Å²) in [4.78, 5) is 24.3. The van der Waals surface area contributed by atoms with E-state index >= 15 is 0 Å². The normalized spacial score (nSPS) is 15.0. The molecule has 3 aromatic rings. The molecule has 1 saturated carbocycles. The highest BCUT2D eigenvalue weighted by Gasteiger charge is 2.24. The summed E-state index contributed by atoms with van der Waals surface area (Å²) >= 11 is 1.66. The number of fused-ring (bicyclic) bond motifs is 1. The summed E-state index contributed by atoms with van der Waals surface area (Å²) in [5, 5.41) is 0.852. The van der Waals surface area contributed by atoms with Crippen LogP contribution in [0.2, 0.25) is 0 Å². The number of thioether (sulfide) groups is 1. The fourth-order valence-corrected chi connectivity index (χ4v) is 4.90. The molecule has 152 valence electrons. The van der Waals surface area contributed by atoms with Crippen molar-refractivity contribution in [3.63, 3.8) is 0 Å². The highest BCUT2D eigenvalue weighted by atomic mass is 32.2. The number of likely N-dealkylation sites (N-methyl/N-ethyl adjacent to an activating group) is 1. The lowest BCUT2D eigenvalue weighted by atomic mass is 9.94. The number of hydrogen-bond donors (Lipinski definition) is 0. The minimum atomic E-state index is 0.138. The van der Waals surface area contributed by atoms with Crippen LogP contribution in [0.3, 0.4) is 0 Å². The van der Waals surface area contributed by atoms with Gasteiger partial charge in [-0.25, -0.2) is 9.97 Å². The molecule has 4 rings (SSSR count). The maximum absolute atomic E-state index is 13.1. The Balaban J connectivity index is 1.54. The number of aromatic nitrogens is 3. The Hall–Kier alpha value is -2.34. The zero-order valence-electron chi connectivity index (χ0n) is 17.2. The molecule has 0 unspecified atom stereocenters. The van der Waals surface area contributed by atoms with Gasteiger partial charge in [-0.3, -0.25) is 9.36 Å². The molecule has 0 atom stereocenters. The van der Waals surface area contributed by atoms with Crippen LogP contribution < -0.4 is 0 Å². The molecule has 29 heavy (non-hydrogen) atoms. The van der Waals surface area contributed by atoms with E-state index in [4.69, 9.17) is 4.98 Å². The molecule has 0 saturated heterocycles. The van der Waals surface area contributed by atoms with Gasteiger partial charge in [-0.15, -0.1) is 0 Å². The first-order chi connectivity index (χ1) is 14.1. The second-order valence-corrected chi connectivity index (χ2v) is 8.84. The van der Waals surface area contributed by atoms with Crippen LogP contribution in [0.5, 0.6) is 0 Å². The van der Waals surface area contributed by atoms with Gasteiger partial charge in [-0.1, -0.05) is 60.9 Å². The lowest BCUT2D eigenvalue weighted by Gasteiger charge is -2.31. The van der Waals surface area contributed by atoms with Crippen molar-refractivity contribution >= 4 is 28.8 Å². The zero-order valence-corrected chi connectivity index (χ0v) is 18.0. The molecule has 2 aromatic heterocycles. The lowest BCUT2D eigenvalue weighted by Crippen LogP contribution is -2.40. The Morgan fingerprint density at radius 3 is 2.69 bits per heavy atom. The summed E-state index contributed by atoms with van der Waals surface area (Å²) in [5.74, 6) is 0.954. The number of hydrogen-bond acceptors (Lipinski definition) is 4. The second kappa shape index (κ2) is 8.99. The van der Waals surface area contributed by atoms with Crippen LogP contribution in [-0.4, -0.2) is 38.4 Å². The van der Waals surface area contributed by atoms with Gasteiger partial charge in [0.25, 0.3) is 0 Å². The third-order valence-electron chi connectivity index (χ3n) is 5.77. The highest BCUT2D eigenvalue weighted by molar-refractivity contribution is 7.98. The molecule has 0 radical (unpaired) electrons. The second-order valence-electron chi connectivity index (χ2n) is 7.90. The number of pyridine rings is 1. The topological polar surface area (TPSA) is 51.0 Å². The molecular formula is C23H28N4OS. The summed E-state index contributed by atoms with van der Waals surface area (Å²) in [6.07, 6.45) is 7.71. The molecule has 1 aromatic carbocycles. The third kappa shape index (κ3) is 4.64. The molecule has 1 aliphatic rings. The fourth-order valence-electron chi connectivity index (χ4n) is 3.94. The van der Waals surface area contributed by atoms with Crippen LogP contribution in [0.4, 0.5) is 0 Å². The van der Waals surface area contributed by atoms with Crippen molar-refractivity contribution in [2.75, 3.05) is 7.05 Å². The number of rotatable bonds is 6. The van der Waals surface area contributed by atoms with Gasteiger partial charge in [0.15, 0.2) is 10.8 Å². The van der Waals surface area contributed by atoms with Gasteiger partial charge in [0.2, 0.25) is 5.91 Å². The maximum atomic E-state index is 13.1. The number of benzene rings is 1. The van der Waals surface area contributed by atoms with E-state index in [1.54, 1.807) is 18.0 Å². The van der Waals surface area contributed by atoms with Crippen molar-refractivity contribution in [2.24, 2.45) is 0 Å². The monoisotopic (exact) mass is 408 g/mol. The number of imidazole rings is 1. The largest absolute Gasteiger partial charge is 0.341 e. The molecule has 5 nitrogen and oxygen atoms in total. The summed E-state index contributed by atoms with van der Waals surface area (Å²) in [5.41, 5.74) is 4.13. The standard InChI is InChI=1S/C23H28N4OS/c1-17-10-12-18(13-11-17)16-29-23-25-20-9-6-14-24-22(20)27(23)15-21(28)26(2)19-7-4-3-5-8-19/h6,9-14,19H,3-5,7-8,15-16H2,1-2H3. The van der Waals surface area contributed by atoms with E-state index in [1.807, 2.05) is 28.6 Å². The molecule has 2 heterocycles. The molecule has 6 heteroatoms. The zero-order chi connectivity index (χ0) is 20.2. The Morgan fingerprint density at radius 2 is 1.93 bits per heavy atom. The summed E-state index contributed by atoms with van der Waals surface area (Å²) in [7, 11) is 1.95. The van der Waals surface area contributed by atoms with E-state index in [0.29, 0.717) is 6.04 Å². The van der Waals surface area contributed by atoms with Crippen molar-refractivity contribution < 1.29 is 4.79 Å². The number of nitrogens with zero attached hydrogens (tertiary/aromatic N) is 4. The Kier molecular flexibility index (Phi) is 6.19. The van der Waals surface area contributed by atoms with Crippen molar-refractivity contribution in [3.8, 4) is 0 Å². The molecule has 1 aliphatic carbocycles. The van der Waals surface area contributed by atoms with Crippen molar-refractivity contribution in [1.82, 2.24) is 19.4 Å². The van der Waals surface area contributed by atoms with Crippen LogP contribution in [0.1, 0.15) is 43.2 Å². The fraction of sp³-hybridized carbons (Fsp3) is 0.435. The lowest BCUT2D eigenvalue weighted by molar-refractivity contribution is -0.133. The van der Waals surface area contributed by atoms with E-state index in [2.05, 4.69) is 36.2 Å². The Bertz CT molecular complexity index is 976. The number of carbonyl (C=O) groups excluding carboxylic acids is 1. The summed E-state index contributed by atoms with van der Waals surface area (Å²) in [6.45, 7) is 2.38. The van der Waals surface area contributed by atoms with Gasteiger partial charge in [0.1, 0.15) is 12.1 Å². The maximum Gasteiger partial charge on any atom is 0.242 e. The van der Waals surface area contributed by atoms with Crippen molar-refractivity contribution in [1.29, 1.82) is 0 Å². The van der Waals surface area contributed by atoms with Crippen molar-refractivity contribution in [2.45, 2.75) is 62.5 Å². The smallest absolute Gasteiger partial charge is 0.242 e. The van der Waals surface area contributed by atoms with Gasteiger partial charge < -0.3 is 4.90 Å². The molecule has 0 bridgehead atoms. The van der Waals surface area contributed by atoms with Crippen molar-refractivity contribution in [3.05, 3.63) is 53.7 Å². The molecular weight excluding hydrogens is 380 g/mol. The summed E-state index contributed by atoms with van der Waals surface area (Å²) in [6, 6.07) is 12.8. The highest BCUT2D eigenvalue weighted by Crippen LogP contribution is 2.27. The van der Waals surface area contributed by atoms with Gasteiger partial charge in [0, 0.05) is 25.0 Å². The van der Waals surface area contributed by atoms with E-state index in [-0.39, 0.29) is 12.5 Å². The Morgan fingerprint density at radius 1 is 1.17 bits per heavy atom. The van der Waals surface area contributed by atoms with Crippen LogP contribution in [-0.2, 0) is 17.1 Å². The van der Waals surface area contributed by atoms with Crippen LogP contribution in [0.15, 0.2) is 47.8 Å². The first-order valence-electron chi connectivity index (χ1n) is 10.4. The predicted octanol–water partition coefficient (Wildman–Crippen LogP) is 4.82. The Labute approximate surface area is 176 Å². The van der Waals surface area contributed by atoms with Gasteiger partial charge in [0.05, 0.1) is 0 Å². The molecule has 1 amide bonds. The quantitative estimate of drug-likeness (QED) is 0.549. The minimum absolute atomic E-state index is 0.138. The minimum Gasteiger partial charge on any atom is -0.341 e. The summed E-state index contributed by atoms with van der Waals surface area (Å²) < 4.78 is 1.98. The van der Waals surface area contributed by atoms with Gasteiger partial charge in [-0.2, -0.15) is 0 Å². The number of amides is 1. The van der Waals surface area contributed by atoms with Gasteiger partial charge >= 0.3 is 0 Å². The first-order valence-corrected chi connectivity index (χ1v) is 11.4.